The number of pyridine rings is 1. The Morgan fingerprint density at radius 3 is 2.67 bits per heavy atom. The van der Waals surface area contributed by atoms with Crippen molar-refractivity contribution in [2.45, 2.75) is 20.4 Å². The summed E-state index contributed by atoms with van der Waals surface area (Å²) >= 11 is 0. The van der Waals surface area contributed by atoms with Crippen LogP contribution in [0.5, 0.6) is 0 Å². The average molecular weight is 353 g/mol. The van der Waals surface area contributed by atoms with E-state index in [0.29, 0.717) is 5.76 Å². The van der Waals surface area contributed by atoms with Gasteiger partial charge < -0.3 is 8.98 Å². The zero-order valence-corrected chi connectivity index (χ0v) is 15.3. The third-order valence-electron chi connectivity index (χ3n) is 5.03. The molecule has 4 heteroatoms. The number of hydrogen-bond acceptors (Lipinski definition) is 3. The number of nitrogens with zero attached hydrogens (tertiary/aromatic N) is 3. The van der Waals surface area contributed by atoms with Crippen molar-refractivity contribution < 1.29 is 4.42 Å². The first kappa shape index (κ1) is 15.8. The van der Waals surface area contributed by atoms with Gasteiger partial charge >= 0.3 is 0 Å². The van der Waals surface area contributed by atoms with Gasteiger partial charge in [0.1, 0.15) is 5.69 Å². The Morgan fingerprint density at radius 2 is 1.85 bits per heavy atom. The van der Waals surface area contributed by atoms with Gasteiger partial charge in [0.25, 0.3) is 0 Å². The summed E-state index contributed by atoms with van der Waals surface area (Å²) in [4.78, 5) is 8.83. The first-order chi connectivity index (χ1) is 13.2. The molecule has 0 aliphatic rings. The maximum absolute atomic E-state index is 5.47. The zero-order valence-electron chi connectivity index (χ0n) is 15.3. The third-order valence-corrected chi connectivity index (χ3v) is 5.03. The predicted octanol–water partition coefficient (Wildman–Crippen LogP) is 5.51. The summed E-state index contributed by atoms with van der Waals surface area (Å²) in [5.74, 6) is 0.690. The van der Waals surface area contributed by atoms with E-state index in [9.17, 15) is 0 Å². The second-order valence-corrected chi connectivity index (χ2v) is 6.95. The van der Waals surface area contributed by atoms with Crippen LogP contribution >= 0.6 is 0 Å². The normalized spacial score (nSPS) is 11.5. The molecule has 0 atom stereocenters. The number of aryl methyl sites for hydroxylation is 2. The molecule has 0 radical (unpaired) electrons. The second-order valence-electron chi connectivity index (χ2n) is 6.95. The van der Waals surface area contributed by atoms with Crippen molar-refractivity contribution in [3.63, 3.8) is 0 Å². The molecule has 0 aliphatic heterocycles. The van der Waals surface area contributed by atoms with E-state index in [1.807, 2.05) is 0 Å². The van der Waals surface area contributed by atoms with Gasteiger partial charge in [-0.1, -0.05) is 48.0 Å². The molecular weight excluding hydrogens is 334 g/mol. The number of benzene rings is 2. The molecule has 0 aliphatic carbocycles. The van der Waals surface area contributed by atoms with Gasteiger partial charge in [-0.25, -0.2) is 9.97 Å². The van der Waals surface area contributed by atoms with Crippen LogP contribution < -0.4 is 0 Å². The molecule has 5 rings (SSSR count). The summed E-state index contributed by atoms with van der Waals surface area (Å²) < 4.78 is 7.84. The van der Waals surface area contributed by atoms with E-state index in [1.54, 1.807) is 6.20 Å². The quantitative estimate of drug-likeness (QED) is 0.429. The minimum atomic E-state index is 0.690. The van der Waals surface area contributed by atoms with E-state index in [1.165, 1.54) is 39.3 Å². The van der Waals surface area contributed by atoms with E-state index in [0.717, 1.165) is 17.9 Å². The van der Waals surface area contributed by atoms with Crippen molar-refractivity contribution in [2.75, 3.05) is 0 Å². The van der Waals surface area contributed by atoms with Crippen LogP contribution in [0.4, 0.5) is 0 Å². The van der Waals surface area contributed by atoms with Crippen LogP contribution in [0, 0.1) is 13.8 Å². The Morgan fingerprint density at radius 1 is 0.963 bits per heavy atom. The second kappa shape index (κ2) is 6.09. The lowest BCUT2D eigenvalue weighted by molar-refractivity contribution is 0.570. The van der Waals surface area contributed by atoms with Crippen molar-refractivity contribution in [3.05, 3.63) is 84.0 Å². The highest BCUT2D eigenvalue weighted by Crippen LogP contribution is 2.33. The Hall–Kier alpha value is -3.40. The van der Waals surface area contributed by atoms with Gasteiger partial charge in [0.2, 0.25) is 0 Å². The zero-order chi connectivity index (χ0) is 18.4. The fourth-order valence-corrected chi connectivity index (χ4v) is 3.89. The van der Waals surface area contributed by atoms with Crippen LogP contribution in [0.1, 0.15) is 16.8 Å². The van der Waals surface area contributed by atoms with Gasteiger partial charge in [-0.2, -0.15) is 0 Å². The van der Waals surface area contributed by atoms with Gasteiger partial charge in [0, 0.05) is 22.8 Å². The highest BCUT2D eigenvalue weighted by atomic mass is 16.3. The Kier molecular flexibility index (Phi) is 3.57. The SMILES string of the molecule is Cc1cccc(Cn2c3ccccc3c3cc(-c4cnco4)nc(C)c32)c1. The number of para-hydroxylation sites is 1. The van der Waals surface area contributed by atoms with Crippen molar-refractivity contribution in [2.24, 2.45) is 0 Å². The summed E-state index contributed by atoms with van der Waals surface area (Å²) in [7, 11) is 0. The van der Waals surface area contributed by atoms with E-state index in [2.05, 4.69) is 78.0 Å². The van der Waals surface area contributed by atoms with E-state index >= 15 is 0 Å². The molecule has 0 N–H and O–H groups in total. The minimum absolute atomic E-state index is 0.690. The molecule has 132 valence electrons. The van der Waals surface area contributed by atoms with E-state index in [4.69, 9.17) is 9.40 Å². The lowest BCUT2D eigenvalue weighted by Crippen LogP contribution is -2.01. The maximum Gasteiger partial charge on any atom is 0.181 e. The van der Waals surface area contributed by atoms with E-state index in [-0.39, 0.29) is 0 Å². The first-order valence-corrected chi connectivity index (χ1v) is 9.04. The number of rotatable bonds is 3. The van der Waals surface area contributed by atoms with Crippen LogP contribution in [0.15, 0.2) is 71.6 Å². The van der Waals surface area contributed by atoms with Crippen molar-refractivity contribution in [1.29, 1.82) is 0 Å². The third kappa shape index (κ3) is 2.61. The van der Waals surface area contributed by atoms with Crippen molar-refractivity contribution >= 4 is 21.8 Å². The van der Waals surface area contributed by atoms with Crippen LogP contribution in [0.3, 0.4) is 0 Å². The standard InChI is InChI=1S/C23H19N3O/c1-15-6-5-7-17(10-15)13-26-21-9-4-3-8-18(21)19-11-20(22-12-24-14-27-22)25-16(2)23(19)26/h3-12,14H,13H2,1-2H3. The molecular formula is C23H19N3O. The molecule has 0 bridgehead atoms. The van der Waals surface area contributed by atoms with Gasteiger partial charge in [0.05, 0.1) is 17.4 Å². The molecule has 0 amide bonds. The monoisotopic (exact) mass is 353 g/mol. The van der Waals surface area contributed by atoms with Gasteiger partial charge in [-0.05, 0) is 31.5 Å². The number of oxazole rings is 1. The molecule has 5 aromatic rings. The van der Waals surface area contributed by atoms with Crippen molar-refractivity contribution in [1.82, 2.24) is 14.5 Å². The van der Waals surface area contributed by atoms with Gasteiger partial charge in [0.15, 0.2) is 12.2 Å². The average Bonchev–Trinajstić information content (AvgIpc) is 3.30. The number of hydrogen-bond donors (Lipinski definition) is 0. The smallest absolute Gasteiger partial charge is 0.181 e. The van der Waals surface area contributed by atoms with Gasteiger partial charge in [-0.3, -0.25) is 0 Å². The summed E-state index contributed by atoms with van der Waals surface area (Å²) in [5, 5.41) is 2.42. The van der Waals surface area contributed by atoms with E-state index < -0.39 is 0 Å². The lowest BCUT2D eigenvalue weighted by atomic mass is 10.1. The molecule has 0 spiro atoms. The maximum atomic E-state index is 5.47. The summed E-state index contributed by atoms with van der Waals surface area (Å²) in [6.07, 6.45) is 3.15. The molecule has 0 unspecified atom stereocenters. The molecule has 0 saturated carbocycles. The van der Waals surface area contributed by atoms with Crippen LogP contribution in [0.25, 0.3) is 33.3 Å². The predicted molar refractivity (Wildman–Crippen MR) is 108 cm³/mol. The fraction of sp³-hybridized carbons (Fsp3) is 0.130. The number of aromatic nitrogens is 3. The van der Waals surface area contributed by atoms with Crippen LogP contribution in [-0.2, 0) is 6.54 Å². The molecule has 3 heterocycles. The summed E-state index contributed by atoms with van der Waals surface area (Å²) in [6, 6.07) is 19.3. The lowest BCUT2D eigenvalue weighted by Gasteiger charge is -2.10. The molecule has 27 heavy (non-hydrogen) atoms. The first-order valence-electron chi connectivity index (χ1n) is 9.04. The van der Waals surface area contributed by atoms with Gasteiger partial charge in [-0.15, -0.1) is 0 Å². The molecule has 3 aromatic heterocycles. The van der Waals surface area contributed by atoms with Crippen LogP contribution in [-0.4, -0.2) is 14.5 Å². The molecule has 2 aromatic carbocycles. The number of fused-ring (bicyclic) bond motifs is 3. The van der Waals surface area contributed by atoms with Crippen molar-refractivity contribution in [3.8, 4) is 11.5 Å². The van der Waals surface area contributed by atoms with Crippen LogP contribution in [0.2, 0.25) is 0 Å². The summed E-state index contributed by atoms with van der Waals surface area (Å²) in [5.41, 5.74) is 6.75. The molecule has 4 nitrogen and oxygen atoms in total. The fourth-order valence-electron chi connectivity index (χ4n) is 3.89. The highest BCUT2D eigenvalue weighted by Gasteiger charge is 2.16. The Bertz CT molecular complexity index is 1270. The summed E-state index contributed by atoms with van der Waals surface area (Å²) in [6.45, 7) is 5.01. The molecule has 0 fully saturated rings. The highest BCUT2D eigenvalue weighted by molar-refractivity contribution is 6.09. The minimum Gasteiger partial charge on any atom is -0.442 e. The topological polar surface area (TPSA) is 43.9 Å². The molecule has 0 saturated heterocycles. The Balaban J connectivity index is 1.79. The largest absolute Gasteiger partial charge is 0.442 e. The Labute approximate surface area is 157 Å².